The van der Waals surface area contributed by atoms with Crippen LogP contribution in [0, 0.1) is 0 Å². The molecule has 0 aliphatic heterocycles. The lowest BCUT2D eigenvalue weighted by Crippen LogP contribution is -2.38. The van der Waals surface area contributed by atoms with Gasteiger partial charge in [0, 0.05) is 12.2 Å². The van der Waals surface area contributed by atoms with Crippen LogP contribution in [0.5, 0.6) is 0 Å². The van der Waals surface area contributed by atoms with Crippen molar-refractivity contribution in [3.8, 4) is 0 Å². The molecule has 1 aromatic heterocycles. The Kier molecular flexibility index (Phi) is 3.90. The molecule has 1 aromatic rings. The van der Waals surface area contributed by atoms with Gasteiger partial charge in [-0.15, -0.1) is 0 Å². The Labute approximate surface area is 115 Å². The number of carboxylic acids is 1. The number of nitrogens with one attached hydrogen (secondary N) is 2. The molecule has 1 aliphatic rings. The molecule has 19 heavy (non-hydrogen) atoms. The second kappa shape index (κ2) is 5.44. The van der Waals surface area contributed by atoms with E-state index in [1.165, 1.54) is 12.3 Å². The van der Waals surface area contributed by atoms with Gasteiger partial charge >= 0.3 is 5.97 Å². The van der Waals surface area contributed by atoms with Crippen LogP contribution in [0.25, 0.3) is 0 Å². The number of halogens is 1. The Morgan fingerprint density at radius 2 is 2.21 bits per heavy atom. The van der Waals surface area contributed by atoms with E-state index in [2.05, 4.69) is 15.6 Å². The summed E-state index contributed by atoms with van der Waals surface area (Å²) in [5, 5.41) is 14.7. The Morgan fingerprint density at radius 3 is 2.79 bits per heavy atom. The lowest BCUT2D eigenvalue weighted by molar-refractivity contribution is -0.121. The molecule has 7 heteroatoms. The molecule has 6 nitrogen and oxygen atoms in total. The van der Waals surface area contributed by atoms with Crippen molar-refractivity contribution in [1.29, 1.82) is 0 Å². The van der Waals surface area contributed by atoms with Crippen LogP contribution in [0.3, 0.4) is 0 Å². The van der Waals surface area contributed by atoms with Crippen molar-refractivity contribution in [2.45, 2.75) is 31.8 Å². The van der Waals surface area contributed by atoms with Crippen LogP contribution in [-0.4, -0.2) is 34.1 Å². The lowest BCUT2D eigenvalue weighted by Gasteiger charge is -2.14. The zero-order valence-corrected chi connectivity index (χ0v) is 11.1. The number of aromatic nitrogens is 1. The van der Waals surface area contributed by atoms with Crippen molar-refractivity contribution in [2.75, 3.05) is 5.32 Å². The normalized spacial score (nSPS) is 15.7. The fourth-order valence-corrected chi connectivity index (χ4v) is 1.71. The van der Waals surface area contributed by atoms with Crippen LogP contribution >= 0.6 is 11.6 Å². The largest absolute Gasteiger partial charge is 0.478 e. The van der Waals surface area contributed by atoms with E-state index in [0.717, 1.165) is 12.8 Å². The van der Waals surface area contributed by atoms with Gasteiger partial charge in [0.1, 0.15) is 11.9 Å². The smallest absolute Gasteiger partial charge is 0.337 e. The number of carboxylic acid groups (broad SMARTS) is 1. The van der Waals surface area contributed by atoms with Crippen molar-refractivity contribution < 1.29 is 14.7 Å². The van der Waals surface area contributed by atoms with E-state index < -0.39 is 12.0 Å². The number of nitrogens with zero attached hydrogens (tertiary/aromatic N) is 1. The van der Waals surface area contributed by atoms with Crippen molar-refractivity contribution in [2.24, 2.45) is 0 Å². The number of carbonyl (C=O) groups is 2. The first-order valence-corrected chi connectivity index (χ1v) is 6.31. The molecular weight excluding hydrogens is 270 g/mol. The van der Waals surface area contributed by atoms with Gasteiger partial charge in [-0.25, -0.2) is 9.78 Å². The third-order valence-corrected chi connectivity index (χ3v) is 3.07. The fraction of sp³-hybridized carbons (Fsp3) is 0.417. The zero-order chi connectivity index (χ0) is 14.0. The molecule has 0 spiro atoms. The summed E-state index contributed by atoms with van der Waals surface area (Å²) < 4.78 is 0. The standard InChI is InChI=1S/C12H14ClN3O3/c1-6(11(17)16-7-2-3-7)15-10-4-8(12(18)19)9(13)5-14-10/h4-7H,2-3H2,1H3,(H,14,15)(H,16,17)(H,18,19). The van der Waals surface area contributed by atoms with E-state index in [9.17, 15) is 9.59 Å². The Hall–Kier alpha value is -1.82. The minimum atomic E-state index is -1.13. The van der Waals surface area contributed by atoms with Crippen molar-refractivity contribution in [3.05, 3.63) is 22.8 Å². The second-order valence-electron chi connectivity index (χ2n) is 4.50. The molecule has 1 heterocycles. The lowest BCUT2D eigenvalue weighted by atomic mass is 10.2. The first-order chi connectivity index (χ1) is 8.97. The molecule has 1 unspecified atom stereocenters. The van der Waals surface area contributed by atoms with Gasteiger partial charge in [0.2, 0.25) is 5.91 Å². The minimum absolute atomic E-state index is 0.0473. The maximum Gasteiger partial charge on any atom is 0.337 e. The highest BCUT2D eigenvalue weighted by Gasteiger charge is 2.25. The third-order valence-electron chi connectivity index (χ3n) is 2.77. The quantitative estimate of drug-likeness (QED) is 0.762. The average Bonchev–Trinajstić information content (AvgIpc) is 3.15. The molecule has 0 bridgehead atoms. The Balaban J connectivity index is 2.03. The summed E-state index contributed by atoms with van der Waals surface area (Å²) in [7, 11) is 0. The predicted octanol–water partition coefficient (Wildman–Crippen LogP) is 1.51. The summed E-state index contributed by atoms with van der Waals surface area (Å²) in [6, 6.07) is 1.10. The van der Waals surface area contributed by atoms with Crippen LogP contribution in [0.15, 0.2) is 12.3 Å². The van der Waals surface area contributed by atoms with Gasteiger partial charge in [0.25, 0.3) is 0 Å². The van der Waals surface area contributed by atoms with Gasteiger partial charge in [0.05, 0.1) is 10.6 Å². The molecule has 0 radical (unpaired) electrons. The molecule has 3 N–H and O–H groups in total. The maximum absolute atomic E-state index is 11.7. The van der Waals surface area contributed by atoms with Crippen molar-refractivity contribution in [3.63, 3.8) is 0 Å². The van der Waals surface area contributed by atoms with Gasteiger partial charge in [-0.1, -0.05) is 11.6 Å². The molecule has 1 amide bonds. The number of rotatable bonds is 5. The first-order valence-electron chi connectivity index (χ1n) is 5.93. The SMILES string of the molecule is CC(Nc1cc(C(=O)O)c(Cl)cn1)C(=O)NC1CC1. The summed E-state index contributed by atoms with van der Waals surface area (Å²) in [6.07, 6.45) is 3.28. The number of aromatic carboxylic acids is 1. The van der Waals surface area contributed by atoms with Crippen LogP contribution in [0.1, 0.15) is 30.1 Å². The van der Waals surface area contributed by atoms with E-state index in [0.29, 0.717) is 5.82 Å². The topological polar surface area (TPSA) is 91.3 Å². The van der Waals surface area contributed by atoms with Gasteiger partial charge in [-0.3, -0.25) is 4.79 Å². The molecule has 102 valence electrons. The van der Waals surface area contributed by atoms with Crippen molar-refractivity contribution >= 4 is 29.3 Å². The van der Waals surface area contributed by atoms with Crippen LogP contribution < -0.4 is 10.6 Å². The minimum Gasteiger partial charge on any atom is -0.478 e. The summed E-state index contributed by atoms with van der Waals surface area (Å²) >= 11 is 5.72. The average molecular weight is 284 g/mol. The van der Waals surface area contributed by atoms with E-state index in [4.69, 9.17) is 16.7 Å². The number of hydrogen-bond acceptors (Lipinski definition) is 4. The van der Waals surface area contributed by atoms with Crippen LogP contribution in [0.4, 0.5) is 5.82 Å². The second-order valence-corrected chi connectivity index (χ2v) is 4.91. The highest BCUT2D eigenvalue weighted by molar-refractivity contribution is 6.33. The van der Waals surface area contributed by atoms with Crippen LogP contribution in [0.2, 0.25) is 5.02 Å². The van der Waals surface area contributed by atoms with Gasteiger partial charge in [-0.2, -0.15) is 0 Å². The third kappa shape index (κ3) is 3.57. The van der Waals surface area contributed by atoms with E-state index >= 15 is 0 Å². The van der Waals surface area contributed by atoms with E-state index in [1.807, 2.05) is 0 Å². The molecule has 2 rings (SSSR count). The summed E-state index contributed by atoms with van der Waals surface area (Å²) in [5.74, 6) is -0.957. The maximum atomic E-state index is 11.7. The number of amides is 1. The molecule has 1 fully saturated rings. The highest BCUT2D eigenvalue weighted by Crippen LogP contribution is 2.20. The number of hydrogen-bond donors (Lipinski definition) is 3. The molecular formula is C12H14ClN3O3. The number of anilines is 1. The Morgan fingerprint density at radius 1 is 1.53 bits per heavy atom. The summed E-state index contributed by atoms with van der Waals surface area (Å²) in [6.45, 7) is 1.69. The Bertz CT molecular complexity index is 517. The first kappa shape index (κ1) is 13.6. The monoisotopic (exact) mass is 283 g/mol. The fourth-order valence-electron chi connectivity index (χ4n) is 1.52. The van der Waals surface area contributed by atoms with E-state index in [1.54, 1.807) is 6.92 Å². The van der Waals surface area contributed by atoms with Crippen LogP contribution in [-0.2, 0) is 4.79 Å². The molecule has 1 saturated carbocycles. The van der Waals surface area contributed by atoms with E-state index in [-0.39, 0.29) is 22.5 Å². The van der Waals surface area contributed by atoms with Gasteiger partial charge < -0.3 is 15.7 Å². The number of pyridine rings is 1. The van der Waals surface area contributed by atoms with Crippen molar-refractivity contribution in [1.82, 2.24) is 10.3 Å². The highest BCUT2D eigenvalue weighted by atomic mass is 35.5. The number of carbonyl (C=O) groups excluding carboxylic acids is 1. The summed E-state index contributed by atoms with van der Waals surface area (Å²) in [4.78, 5) is 26.6. The predicted molar refractivity (Wildman–Crippen MR) is 70.5 cm³/mol. The molecule has 1 atom stereocenters. The molecule has 0 saturated heterocycles. The zero-order valence-electron chi connectivity index (χ0n) is 10.3. The van der Waals surface area contributed by atoms with Gasteiger partial charge in [-0.05, 0) is 25.8 Å². The summed E-state index contributed by atoms with van der Waals surface area (Å²) in [5.41, 5.74) is -0.0473. The van der Waals surface area contributed by atoms with Gasteiger partial charge in [0.15, 0.2) is 0 Å². The molecule has 0 aromatic carbocycles. The molecule has 1 aliphatic carbocycles.